The molecule has 0 saturated carbocycles. The number of hydrogen-bond donors (Lipinski definition) is 0. The maximum absolute atomic E-state index is 12.9. The first-order chi connectivity index (χ1) is 13.9. The van der Waals surface area contributed by atoms with Crippen LogP contribution in [0.4, 0.5) is 13.2 Å². The highest BCUT2D eigenvalue weighted by molar-refractivity contribution is 8.05. The molecule has 2 heterocycles. The zero-order chi connectivity index (χ0) is 20.4. The predicted octanol–water partition coefficient (Wildman–Crippen LogP) is 7.23. The average molecular weight is 428 g/mol. The van der Waals surface area contributed by atoms with Crippen molar-refractivity contribution in [1.29, 1.82) is 5.26 Å². The third-order valence-corrected chi connectivity index (χ3v) is 5.98. The molecule has 2 aromatic carbocycles. The van der Waals surface area contributed by atoms with E-state index in [1.807, 2.05) is 24.3 Å². The van der Waals surface area contributed by atoms with Crippen LogP contribution in [0.25, 0.3) is 27.6 Å². The van der Waals surface area contributed by atoms with Gasteiger partial charge in [0.2, 0.25) is 0 Å². The number of para-hydroxylation sites is 1. The number of benzene rings is 2. The van der Waals surface area contributed by atoms with Crippen LogP contribution >= 0.6 is 23.1 Å². The summed E-state index contributed by atoms with van der Waals surface area (Å²) in [5.74, 6) is 0.673. The lowest BCUT2D eigenvalue weighted by Gasteiger charge is -2.07. The van der Waals surface area contributed by atoms with Crippen molar-refractivity contribution in [3.8, 4) is 17.4 Å². The summed E-state index contributed by atoms with van der Waals surface area (Å²) in [5, 5.41) is 9.44. The minimum Gasteiger partial charge on any atom is -0.457 e. The van der Waals surface area contributed by atoms with Gasteiger partial charge in [-0.15, -0.1) is 11.3 Å². The molecular weight excluding hydrogens is 417 g/mol. The van der Waals surface area contributed by atoms with Crippen molar-refractivity contribution in [2.24, 2.45) is 0 Å². The molecule has 144 valence electrons. The topological polar surface area (TPSA) is 49.8 Å². The van der Waals surface area contributed by atoms with Crippen molar-refractivity contribution in [3.63, 3.8) is 0 Å². The van der Waals surface area contributed by atoms with E-state index < -0.39 is 11.7 Å². The summed E-state index contributed by atoms with van der Waals surface area (Å²) in [4.78, 5) is 4.85. The summed E-state index contributed by atoms with van der Waals surface area (Å²) in [6, 6.07) is 17.9. The van der Waals surface area contributed by atoms with E-state index in [0.717, 1.165) is 26.7 Å². The molecule has 3 nitrogen and oxygen atoms in total. The lowest BCUT2D eigenvalue weighted by atomic mass is 10.1. The number of nitriles is 1. The molecule has 0 saturated heterocycles. The third kappa shape index (κ3) is 4.36. The SMILES string of the molecule is N#C/C(=C\c1ccc(-c2cccc(C(F)(F)F)c2)o1)Sc1nc2ccccc2s1. The molecule has 0 fully saturated rings. The number of halogens is 3. The Labute approximate surface area is 172 Å². The number of aromatic nitrogens is 1. The Morgan fingerprint density at radius 3 is 2.69 bits per heavy atom. The Hall–Kier alpha value is -3.02. The highest BCUT2D eigenvalue weighted by Crippen LogP contribution is 2.36. The average Bonchev–Trinajstić information content (AvgIpc) is 3.33. The summed E-state index contributed by atoms with van der Waals surface area (Å²) in [6.45, 7) is 0. The molecule has 0 bridgehead atoms. The van der Waals surface area contributed by atoms with E-state index in [4.69, 9.17) is 4.42 Å². The van der Waals surface area contributed by atoms with Crippen LogP contribution in [0.3, 0.4) is 0 Å². The van der Waals surface area contributed by atoms with Gasteiger partial charge >= 0.3 is 6.18 Å². The highest BCUT2D eigenvalue weighted by atomic mass is 32.2. The zero-order valence-electron chi connectivity index (χ0n) is 14.6. The van der Waals surface area contributed by atoms with Crippen LogP contribution < -0.4 is 0 Å². The normalized spacial score (nSPS) is 12.3. The van der Waals surface area contributed by atoms with Crippen molar-refractivity contribution in [2.75, 3.05) is 0 Å². The molecule has 0 spiro atoms. The number of hydrogen-bond acceptors (Lipinski definition) is 5. The van der Waals surface area contributed by atoms with Crippen molar-refractivity contribution in [1.82, 2.24) is 4.98 Å². The molecular formula is C21H11F3N2OS2. The van der Waals surface area contributed by atoms with E-state index in [9.17, 15) is 18.4 Å². The minimum absolute atomic E-state index is 0.296. The molecule has 0 N–H and O–H groups in total. The van der Waals surface area contributed by atoms with Gasteiger partial charge in [-0.05, 0) is 48.2 Å². The molecule has 0 aliphatic carbocycles. The quantitative estimate of drug-likeness (QED) is 0.254. The fraction of sp³-hybridized carbons (Fsp3) is 0.0476. The van der Waals surface area contributed by atoms with Gasteiger partial charge in [-0.25, -0.2) is 4.98 Å². The van der Waals surface area contributed by atoms with Crippen LogP contribution in [0.15, 0.2) is 74.3 Å². The summed E-state index contributed by atoms with van der Waals surface area (Å²) < 4.78 is 46.1. The molecule has 8 heteroatoms. The van der Waals surface area contributed by atoms with Crippen LogP contribution in [0.1, 0.15) is 11.3 Å². The van der Waals surface area contributed by atoms with Gasteiger partial charge in [-0.2, -0.15) is 18.4 Å². The Morgan fingerprint density at radius 2 is 1.93 bits per heavy atom. The maximum atomic E-state index is 12.9. The van der Waals surface area contributed by atoms with Crippen LogP contribution in [0, 0.1) is 11.3 Å². The molecule has 4 aromatic rings. The summed E-state index contributed by atoms with van der Waals surface area (Å²) >= 11 is 2.70. The lowest BCUT2D eigenvalue weighted by molar-refractivity contribution is -0.137. The lowest BCUT2D eigenvalue weighted by Crippen LogP contribution is -2.04. The fourth-order valence-electron chi connectivity index (χ4n) is 2.64. The van der Waals surface area contributed by atoms with Crippen LogP contribution in [-0.4, -0.2) is 4.98 Å². The van der Waals surface area contributed by atoms with E-state index in [1.165, 1.54) is 29.2 Å². The molecule has 0 radical (unpaired) electrons. The first-order valence-electron chi connectivity index (χ1n) is 8.35. The summed E-state index contributed by atoms with van der Waals surface area (Å²) in [6.07, 6.45) is -2.87. The Bertz CT molecular complexity index is 1220. The van der Waals surface area contributed by atoms with Crippen molar-refractivity contribution in [2.45, 2.75) is 10.5 Å². The van der Waals surface area contributed by atoms with Crippen LogP contribution in [0.2, 0.25) is 0 Å². The van der Waals surface area contributed by atoms with Gasteiger partial charge in [0.05, 0.1) is 20.7 Å². The van der Waals surface area contributed by atoms with Crippen LogP contribution in [0.5, 0.6) is 0 Å². The molecule has 0 aliphatic heterocycles. The van der Waals surface area contributed by atoms with E-state index in [0.29, 0.717) is 22.0 Å². The Balaban J connectivity index is 1.58. The van der Waals surface area contributed by atoms with Gasteiger partial charge in [0, 0.05) is 11.6 Å². The first kappa shape index (κ1) is 19.3. The second-order valence-electron chi connectivity index (χ2n) is 5.95. The number of nitrogens with zero attached hydrogens (tertiary/aromatic N) is 2. The number of alkyl halides is 3. The minimum atomic E-state index is -4.42. The molecule has 2 aromatic heterocycles. The predicted molar refractivity (Wildman–Crippen MR) is 108 cm³/mol. The van der Waals surface area contributed by atoms with Gasteiger partial charge in [-0.3, -0.25) is 0 Å². The standard InChI is InChI=1S/C21H11F3N2OS2/c22-21(23,24)14-5-3-4-13(10-14)18-9-8-15(27-18)11-16(12-25)28-20-26-17-6-1-2-7-19(17)29-20/h1-11H/b16-11+. The Morgan fingerprint density at radius 1 is 1.10 bits per heavy atom. The van der Waals surface area contributed by atoms with E-state index >= 15 is 0 Å². The summed E-state index contributed by atoms with van der Waals surface area (Å²) in [7, 11) is 0. The van der Waals surface area contributed by atoms with E-state index in [2.05, 4.69) is 11.1 Å². The summed E-state index contributed by atoms with van der Waals surface area (Å²) in [5.41, 5.74) is 0.437. The van der Waals surface area contributed by atoms with E-state index in [-0.39, 0.29) is 0 Å². The van der Waals surface area contributed by atoms with Gasteiger partial charge in [0.25, 0.3) is 0 Å². The molecule has 4 rings (SSSR count). The second kappa shape index (κ2) is 7.78. The molecule has 0 unspecified atom stereocenters. The molecule has 29 heavy (non-hydrogen) atoms. The fourth-order valence-corrected chi connectivity index (χ4v) is 4.59. The van der Waals surface area contributed by atoms with E-state index in [1.54, 1.807) is 24.3 Å². The number of allylic oxidation sites excluding steroid dienone is 1. The van der Waals surface area contributed by atoms with Gasteiger partial charge in [0.15, 0.2) is 4.34 Å². The monoisotopic (exact) mass is 428 g/mol. The molecule has 0 atom stereocenters. The highest BCUT2D eigenvalue weighted by Gasteiger charge is 2.30. The van der Waals surface area contributed by atoms with Gasteiger partial charge in [-0.1, -0.05) is 24.3 Å². The van der Waals surface area contributed by atoms with Gasteiger partial charge < -0.3 is 4.42 Å². The number of thioether (sulfide) groups is 1. The first-order valence-corrected chi connectivity index (χ1v) is 9.98. The van der Waals surface area contributed by atoms with Crippen molar-refractivity contribution >= 4 is 39.4 Å². The van der Waals surface area contributed by atoms with Crippen molar-refractivity contribution < 1.29 is 17.6 Å². The largest absolute Gasteiger partial charge is 0.457 e. The number of thiazole rings is 1. The number of rotatable bonds is 4. The molecule has 0 amide bonds. The zero-order valence-corrected chi connectivity index (χ0v) is 16.2. The smallest absolute Gasteiger partial charge is 0.416 e. The Kier molecular flexibility index (Phi) is 5.18. The molecule has 0 aliphatic rings. The van der Waals surface area contributed by atoms with Crippen LogP contribution in [-0.2, 0) is 6.18 Å². The maximum Gasteiger partial charge on any atom is 0.416 e. The van der Waals surface area contributed by atoms with Gasteiger partial charge in [0.1, 0.15) is 17.6 Å². The third-order valence-electron chi connectivity index (χ3n) is 3.96. The number of fused-ring (bicyclic) bond motifs is 1. The van der Waals surface area contributed by atoms with Crippen molar-refractivity contribution in [3.05, 3.63) is 76.9 Å². The second-order valence-corrected chi connectivity index (χ2v) is 8.27. The number of furan rings is 1.